The number of nitrogens with zero attached hydrogens (tertiary/aromatic N) is 3. The zero-order chi connectivity index (χ0) is 30.2. The van der Waals surface area contributed by atoms with Crippen LogP contribution in [0.5, 0.6) is 5.75 Å². The minimum Gasteiger partial charge on any atom is -0.485 e. The van der Waals surface area contributed by atoms with E-state index in [1.165, 1.54) is 19.5 Å². The number of Topliss-reactive ketones (excluding diaryl/α,β-unsaturated/α-hetero) is 1. The fourth-order valence-corrected chi connectivity index (χ4v) is 7.57. The van der Waals surface area contributed by atoms with Crippen LogP contribution in [-0.2, 0) is 20.7 Å². The van der Waals surface area contributed by atoms with Crippen LogP contribution >= 0.6 is 0 Å². The highest BCUT2D eigenvalue weighted by atomic mass is 16.6. The summed E-state index contributed by atoms with van der Waals surface area (Å²) in [6.07, 6.45) is 11.2. The number of aryl methyl sites for hydroxylation is 1. The monoisotopic (exact) mass is 581 g/mol. The fraction of sp³-hybridized carbons (Fsp3) is 0.719. The van der Waals surface area contributed by atoms with Crippen molar-refractivity contribution in [3.8, 4) is 5.75 Å². The first-order chi connectivity index (χ1) is 20.0. The van der Waals surface area contributed by atoms with Crippen LogP contribution in [0, 0.1) is 29.1 Å². The number of carbonyl (C=O) groups excluding carboxylic acids is 3. The minimum absolute atomic E-state index is 0.102. The molecule has 2 aliphatic carbocycles. The number of alkyl carbamates (subject to hydrolysis) is 1. The Labute approximate surface area is 249 Å². The Hall–Kier alpha value is -3.17. The van der Waals surface area contributed by atoms with Gasteiger partial charge in [-0.25, -0.2) is 14.8 Å². The number of aromatic nitrogens is 2. The van der Waals surface area contributed by atoms with E-state index in [-0.39, 0.29) is 30.3 Å². The molecule has 0 spiro atoms. The Bertz CT molecular complexity index is 1210. The molecule has 2 aliphatic heterocycles. The van der Waals surface area contributed by atoms with Crippen molar-refractivity contribution >= 4 is 23.9 Å². The summed E-state index contributed by atoms with van der Waals surface area (Å²) in [7, 11) is 0. The highest BCUT2D eigenvalue weighted by molar-refractivity contribution is 5.92. The van der Waals surface area contributed by atoms with Crippen molar-refractivity contribution in [2.24, 2.45) is 34.8 Å². The van der Waals surface area contributed by atoms with Crippen molar-refractivity contribution in [3.63, 3.8) is 0 Å². The smallest absolute Gasteiger partial charge is 0.408 e. The SMILES string of the molecule is CC[C@@H]1[C@@H]2CN(C(=O)[C@H](C(C)(C)C)NC(=O)O[C@@H]3CC4CC4[C@H]3CCCCCc3nc(C=CN)ncc3O2)[C@@H]1C(C)=O. The summed E-state index contributed by atoms with van der Waals surface area (Å²) >= 11 is 0. The van der Waals surface area contributed by atoms with Gasteiger partial charge in [0.25, 0.3) is 0 Å². The van der Waals surface area contributed by atoms with Gasteiger partial charge >= 0.3 is 6.09 Å². The van der Waals surface area contributed by atoms with E-state index in [0.717, 1.165) is 44.2 Å². The number of amides is 2. The van der Waals surface area contributed by atoms with E-state index >= 15 is 0 Å². The standard InChI is InChI=1S/C32H47N5O5/c1-6-20-26-17-37(28(20)18(2)38)30(39)29(32(3,4)5)36-31(40)42-24-15-19-14-22(19)21(24)10-8-7-9-11-23-25(41-26)16-34-27(35-23)12-13-33/h12-13,16,19-22,24,26,28-29H,6-11,14-15,17,33H2,1-5H3,(H,36,40)/t19?,20-,21-,22?,24-,26+,28-,29-/m1/s1. The van der Waals surface area contributed by atoms with Crippen LogP contribution in [0.4, 0.5) is 4.79 Å². The van der Waals surface area contributed by atoms with Gasteiger partial charge in [0.1, 0.15) is 18.2 Å². The van der Waals surface area contributed by atoms with Crippen LogP contribution < -0.4 is 15.8 Å². The zero-order valence-corrected chi connectivity index (χ0v) is 25.7. The van der Waals surface area contributed by atoms with Gasteiger partial charge in [-0.3, -0.25) is 9.59 Å². The number of rotatable bonds is 3. The van der Waals surface area contributed by atoms with Gasteiger partial charge in [0, 0.05) is 5.92 Å². The first-order valence-corrected chi connectivity index (χ1v) is 15.7. The number of fused-ring (bicyclic) bond motifs is 6. The van der Waals surface area contributed by atoms with Crippen molar-refractivity contribution in [3.05, 3.63) is 23.9 Å². The first kappa shape index (κ1) is 30.3. The number of hydrogen-bond acceptors (Lipinski definition) is 8. The van der Waals surface area contributed by atoms with E-state index < -0.39 is 29.7 Å². The van der Waals surface area contributed by atoms with Crippen LogP contribution in [0.15, 0.2) is 12.4 Å². The Kier molecular flexibility index (Phi) is 8.81. The third-order valence-corrected chi connectivity index (χ3v) is 9.76. The van der Waals surface area contributed by atoms with Gasteiger partial charge in [0.15, 0.2) is 17.4 Å². The largest absolute Gasteiger partial charge is 0.485 e. The molecule has 5 rings (SSSR count). The highest BCUT2D eigenvalue weighted by Crippen LogP contribution is 2.57. The molecule has 8 atom stereocenters. The lowest BCUT2D eigenvalue weighted by Crippen LogP contribution is -2.57. The van der Waals surface area contributed by atoms with Gasteiger partial charge in [-0.1, -0.05) is 40.5 Å². The summed E-state index contributed by atoms with van der Waals surface area (Å²) in [4.78, 5) is 51.3. The van der Waals surface area contributed by atoms with Gasteiger partial charge in [-0.15, -0.1) is 0 Å². The molecule has 42 heavy (non-hydrogen) atoms. The fourth-order valence-electron chi connectivity index (χ4n) is 7.57. The van der Waals surface area contributed by atoms with E-state index in [9.17, 15) is 14.4 Å². The molecule has 0 aromatic carbocycles. The molecule has 10 heteroatoms. The molecule has 1 aromatic rings. The predicted octanol–water partition coefficient (Wildman–Crippen LogP) is 4.26. The molecule has 1 aromatic heterocycles. The summed E-state index contributed by atoms with van der Waals surface area (Å²) < 4.78 is 12.6. The number of hydrogen-bond donors (Lipinski definition) is 2. The normalized spacial score (nSPS) is 33.9. The topological polar surface area (TPSA) is 137 Å². The number of ketones is 1. The second-order valence-corrected chi connectivity index (χ2v) is 13.7. The van der Waals surface area contributed by atoms with Crippen LogP contribution in [-0.4, -0.2) is 63.5 Å². The quantitative estimate of drug-likeness (QED) is 0.540. The molecule has 2 amide bonds. The van der Waals surface area contributed by atoms with Crippen molar-refractivity contribution in [1.82, 2.24) is 20.2 Å². The van der Waals surface area contributed by atoms with Gasteiger partial charge in [-0.05, 0) is 80.9 Å². The first-order valence-electron chi connectivity index (χ1n) is 15.7. The molecular weight excluding hydrogens is 534 g/mol. The molecule has 230 valence electrons. The molecule has 10 nitrogen and oxygen atoms in total. The predicted molar refractivity (Wildman–Crippen MR) is 158 cm³/mol. The van der Waals surface area contributed by atoms with E-state index in [1.54, 1.807) is 17.2 Å². The van der Waals surface area contributed by atoms with Gasteiger partial charge in [-0.2, -0.15) is 0 Å². The van der Waals surface area contributed by atoms with E-state index in [0.29, 0.717) is 35.7 Å². The van der Waals surface area contributed by atoms with Crippen LogP contribution in [0.2, 0.25) is 0 Å². The lowest BCUT2D eigenvalue weighted by molar-refractivity contribution is -0.141. The lowest BCUT2D eigenvalue weighted by atomic mass is 9.85. The Morgan fingerprint density at radius 1 is 1.14 bits per heavy atom. The number of ether oxygens (including phenoxy) is 2. The van der Waals surface area contributed by atoms with Crippen LogP contribution in [0.1, 0.15) is 91.1 Å². The summed E-state index contributed by atoms with van der Waals surface area (Å²) in [5.74, 6) is 2.11. The number of carbonyl (C=O) groups is 3. The zero-order valence-electron chi connectivity index (χ0n) is 25.7. The van der Waals surface area contributed by atoms with E-state index in [4.69, 9.17) is 20.2 Å². The van der Waals surface area contributed by atoms with Crippen LogP contribution in [0.3, 0.4) is 0 Å². The number of nitrogens with two attached hydrogens (primary N) is 1. The number of nitrogens with one attached hydrogen (secondary N) is 1. The van der Waals surface area contributed by atoms with Crippen molar-refractivity contribution < 1.29 is 23.9 Å². The van der Waals surface area contributed by atoms with Crippen molar-refractivity contribution in [2.45, 2.75) is 110 Å². The van der Waals surface area contributed by atoms with Gasteiger partial charge in [0.2, 0.25) is 5.91 Å². The molecule has 3 N–H and O–H groups in total. The second kappa shape index (κ2) is 12.2. The maximum absolute atomic E-state index is 14.2. The maximum Gasteiger partial charge on any atom is 0.408 e. The molecule has 2 saturated carbocycles. The maximum atomic E-state index is 14.2. The molecule has 1 saturated heterocycles. The summed E-state index contributed by atoms with van der Waals surface area (Å²) in [5, 5.41) is 2.92. The lowest BCUT2D eigenvalue weighted by Gasteiger charge is -2.36. The summed E-state index contributed by atoms with van der Waals surface area (Å²) in [6, 6.07) is -1.52. The Balaban J connectivity index is 1.49. The molecule has 0 radical (unpaired) electrons. The summed E-state index contributed by atoms with van der Waals surface area (Å²) in [5.41, 5.74) is 5.81. The Morgan fingerprint density at radius 3 is 2.62 bits per heavy atom. The summed E-state index contributed by atoms with van der Waals surface area (Å²) in [6.45, 7) is 9.50. The minimum atomic E-state index is -0.863. The average Bonchev–Trinajstić information content (AvgIpc) is 3.46. The molecule has 2 bridgehead atoms. The van der Waals surface area contributed by atoms with Crippen molar-refractivity contribution in [1.29, 1.82) is 0 Å². The molecule has 2 unspecified atom stereocenters. The third kappa shape index (κ3) is 6.27. The van der Waals surface area contributed by atoms with Crippen LogP contribution in [0.25, 0.3) is 6.08 Å². The van der Waals surface area contributed by atoms with Gasteiger partial charge < -0.3 is 25.4 Å². The Morgan fingerprint density at radius 2 is 1.93 bits per heavy atom. The molecule has 3 heterocycles. The van der Waals surface area contributed by atoms with E-state index in [2.05, 4.69) is 10.3 Å². The molecule has 4 aliphatic rings. The average molecular weight is 582 g/mol. The highest BCUT2D eigenvalue weighted by Gasteiger charge is 2.55. The molecule has 3 fully saturated rings. The molecular formula is C32H47N5O5. The van der Waals surface area contributed by atoms with Gasteiger partial charge in [0.05, 0.1) is 24.5 Å². The third-order valence-electron chi connectivity index (χ3n) is 9.76. The van der Waals surface area contributed by atoms with E-state index in [1.807, 2.05) is 27.7 Å². The second-order valence-electron chi connectivity index (χ2n) is 13.7. The van der Waals surface area contributed by atoms with Crippen molar-refractivity contribution in [2.75, 3.05) is 6.54 Å².